The molecule has 0 bridgehead atoms. The predicted octanol–water partition coefficient (Wildman–Crippen LogP) is 2.63. The van der Waals surface area contributed by atoms with Crippen molar-refractivity contribution in [2.75, 3.05) is 31.1 Å². The molecule has 0 saturated carbocycles. The number of aliphatic hydroxyl groups is 1. The number of aliphatic hydroxyl groups excluding tert-OH is 1. The molecule has 2 aliphatic heterocycles. The Balaban J connectivity index is 1.61. The van der Waals surface area contributed by atoms with Crippen molar-refractivity contribution < 1.29 is 5.11 Å². The summed E-state index contributed by atoms with van der Waals surface area (Å²) >= 11 is 0. The Bertz CT molecular complexity index is 412. The average molecular weight is 274 g/mol. The van der Waals surface area contributed by atoms with E-state index in [-0.39, 0.29) is 0 Å². The molecule has 3 nitrogen and oxygen atoms in total. The van der Waals surface area contributed by atoms with E-state index >= 15 is 0 Å². The van der Waals surface area contributed by atoms with Gasteiger partial charge in [0, 0.05) is 31.4 Å². The summed E-state index contributed by atoms with van der Waals surface area (Å²) < 4.78 is 0. The van der Waals surface area contributed by atoms with Crippen molar-refractivity contribution in [3.8, 4) is 0 Å². The molecular formula is C17H26N2O. The summed E-state index contributed by atoms with van der Waals surface area (Å²) in [6.07, 6.45) is 6.40. The maximum absolute atomic E-state index is 9.38. The Morgan fingerprint density at radius 2 is 1.70 bits per heavy atom. The Hall–Kier alpha value is -1.06. The van der Waals surface area contributed by atoms with E-state index in [1.54, 1.807) is 0 Å². The first-order valence-corrected chi connectivity index (χ1v) is 8.05. The SMILES string of the molecule is OC[C@H]1CCCN1Cc1ccc(N2CCCCC2)cc1. The second-order valence-corrected chi connectivity index (χ2v) is 6.16. The molecular weight excluding hydrogens is 248 g/mol. The molecule has 2 fully saturated rings. The molecule has 20 heavy (non-hydrogen) atoms. The van der Waals surface area contributed by atoms with Crippen LogP contribution >= 0.6 is 0 Å². The van der Waals surface area contributed by atoms with E-state index in [0.717, 1.165) is 19.5 Å². The van der Waals surface area contributed by atoms with E-state index in [9.17, 15) is 5.11 Å². The molecule has 1 aromatic rings. The molecule has 110 valence electrons. The van der Waals surface area contributed by atoms with Gasteiger partial charge in [-0.3, -0.25) is 4.90 Å². The van der Waals surface area contributed by atoms with Crippen LogP contribution in [0.15, 0.2) is 24.3 Å². The zero-order valence-electron chi connectivity index (χ0n) is 12.3. The third-order valence-electron chi connectivity index (χ3n) is 4.75. The lowest BCUT2D eigenvalue weighted by Crippen LogP contribution is -2.31. The van der Waals surface area contributed by atoms with E-state index in [1.165, 1.54) is 50.0 Å². The van der Waals surface area contributed by atoms with Crippen molar-refractivity contribution in [3.05, 3.63) is 29.8 Å². The second kappa shape index (κ2) is 6.59. The van der Waals surface area contributed by atoms with Gasteiger partial charge in [-0.05, 0) is 56.3 Å². The van der Waals surface area contributed by atoms with Crippen LogP contribution < -0.4 is 4.90 Å². The Morgan fingerprint density at radius 1 is 0.950 bits per heavy atom. The average Bonchev–Trinajstić information content (AvgIpc) is 2.96. The highest BCUT2D eigenvalue weighted by Crippen LogP contribution is 2.23. The minimum Gasteiger partial charge on any atom is -0.395 e. The van der Waals surface area contributed by atoms with Gasteiger partial charge in [-0.1, -0.05) is 12.1 Å². The molecule has 2 heterocycles. The molecule has 0 radical (unpaired) electrons. The normalized spacial score (nSPS) is 24.2. The van der Waals surface area contributed by atoms with Crippen molar-refractivity contribution in [2.45, 2.75) is 44.7 Å². The van der Waals surface area contributed by atoms with Gasteiger partial charge in [0.1, 0.15) is 0 Å². The zero-order chi connectivity index (χ0) is 13.8. The third kappa shape index (κ3) is 3.15. The summed E-state index contributed by atoms with van der Waals surface area (Å²) in [5.41, 5.74) is 2.74. The molecule has 3 heteroatoms. The van der Waals surface area contributed by atoms with E-state index in [1.807, 2.05) is 0 Å². The summed E-state index contributed by atoms with van der Waals surface area (Å²) in [6.45, 7) is 4.81. The van der Waals surface area contributed by atoms with Crippen LogP contribution in [0.3, 0.4) is 0 Å². The quantitative estimate of drug-likeness (QED) is 0.914. The van der Waals surface area contributed by atoms with Gasteiger partial charge in [0.25, 0.3) is 0 Å². The molecule has 1 aromatic carbocycles. The van der Waals surface area contributed by atoms with Crippen LogP contribution in [0.1, 0.15) is 37.7 Å². The fourth-order valence-corrected chi connectivity index (χ4v) is 3.51. The fourth-order valence-electron chi connectivity index (χ4n) is 3.51. The number of anilines is 1. The monoisotopic (exact) mass is 274 g/mol. The van der Waals surface area contributed by atoms with Gasteiger partial charge < -0.3 is 10.0 Å². The van der Waals surface area contributed by atoms with Crippen LogP contribution in [0.25, 0.3) is 0 Å². The molecule has 0 spiro atoms. The van der Waals surface area contributed by atoms with Gasteiger partial charge in [0.05, 0.1) is 6.61 Å². The number of piperidine rings is 1. The molecule has 0 aromatic heterocycles. The van der Waals surface area contributed by atoms with Crippen LogP contribution in [-0.2, 0) is 6.54 Å². The number of benzene rings is 1. The summed E-state index contributed by atoms with van der Waals surface area (Å²) in [5, 5.41) is 9.38. The lowest BCUT2D eigenvalue weighted by atomic mass is 10.1. The van der Waals surface area contributed by atoms with Crippen molar-refractivity contribution in [1.29, 1.82) is 0 Å². The first-order chi connectivity index (χ1) is 9.86. The van der Waals surface area contributed by atoms with Crippen molar-refractivity contribution in [2.24, 2.45) is 0 Å². The molecule has 0 unspecified atom stereocenters. The van der Waals surface area contributed by atoms with Gasteiger partial charge >= 0.3 is 0 Å². The van der Waals surface area contributed by atoms with Crippen molar-refractivity contribution in [3.63, 3.8) is 0 Å². The summed E-state index contributed by atoms with van der Waals surface area (Å²) in [4.78, 5) is 4.91. The Kier molecular flexibility index (Phi) is 4.58. The molecule has 2 aliphatic rings. The van der Waals surface area contributed by atoms with Gasteiger partial charge in [-0.15, -0.1) is 0 Å². The third-order valence-corrected chi connectivity index (χ3v) is 4.75. The van der Waals surface area contributed by atoms with E-state index in [2.05, 4.69) is 34.1 Å². The molecule has 3 rings (SSSR count). The second-order valence-electron chi connectivity index (χ2n) is 6.16. The largest absolute Gasteiger partial charge is 0.395 e. The predicted molar refractivity (Wildman–Crippen MR) is 83.0 cm³/mol. The Morgan fingerprint density at radius 3 is 2.40 bits per heavy atom. The number of hydrogen-bond acceptors (Lipinski definition) is 3. The summed E-state index contributed by atoms with van der Waals surface area (Å²) in [6, 6.07) is 9.43. The molecule has 2 saturated heterocycles. The molecule has 1 N–H and O–H groups in total. The standard InChI is InChI=1S/C17H26N2O/c20-14-17-5-4-12-19(17)13-15-6-8-16(9-7-15)18-10-2-1-3-11-18/h6-9,17,20H,1-5,10-14H2/t17-/m1/s1. The summed E-state index contributed by atoms with van der Waals surface area (Å²) in [5.74, 6) is 0. The number of hydrogen-bond donors (Lipinski definition) is 1. The van der Waals surface area contributed by atoms with Crippen LogP contribution in [-0.4, -0.2) is 42.3 Å². The van der Waals surface area contributed by atoms with Crippen LogP contribution in [0.2, 0.25) is 0 Å². The van der Waals surface area contributed by atoms with Gasteiger partial charge in [0.15, 0.2) is 0 Å². The highest BCUT2D eigenvalue weighted by atomic mass is 16.3. The topological polar surface area (TPSA) is 26.7 Å². The van der Waals surface area contributed by atoms with Gasteiger partial charge in [0.2, 0.25) is 0 Å². The first-order valence-electron chi connectivity index (χ1n) is 8.05. The highest BCUT2D eigenvalue weighted by Gasteiger charge is 2.23. The lowest BCUT2D eigenvalue weighted by Gasteiger charge is -2.29. The van der Waals surface area contributed by atoms with Gasteiger partial charge in [-0.2, -0.15) is 0 Å². The van der Waals surface area contributed by atoms with Gasteiger partial charge in [-0.25, -0.2) is 0 Å². The van der Waals surface area contributed by atoms with Crippen molar-refractivity contribution >= 4 is 5.69 Å². The highest BCUT2D eigenvalue weighted by molar-refractivity contribution is 5.47. The van der Waals surface area contributed by atoms with E-state index in [0.29, 0.717) is 12.6 Å². The fraction of sp³-hybridized carbons (Fsp3) is 0.647. The molecule has 0 aliphatic carbocycles. The molecule has 0 amide bonds. The maximum atomic E-state index is 9.38. The van der Waals surface area contributed by atoms with Crippen LogP contribution in [0.4, 0.5) is 5.69 Å². The summed E-state index contributed by atoms with van der Waals surface area (Å²) in [7, 11) is 0. The maximum Gasteiger partial charge on any atom is 0.0587 e. The van der Waals surface area contributed by atoms with E-state index < -0.39 is 0 Å². The van der Waals surface area contributed by atoms with E-state index in [4.69, 9.17) is 0 Å². The first kappa shape index (κ1) is 13.9. The number of likely N-dealkylation sites (tertiary alicyclic amines) is 1. The molecule has 1 atom stereocenters. The Labute approximate surface area is 122 Å². The lowest BCUT2D eigenvalue weighted by molar-refractivity contribution is 0.153. The van der Waals surface area contributed by atoms with Crippen LogP contribution in [0.5, 0.6) is 0 Å². The minimum atomic E-state index is 0.297. The smallest absolute Gasteiger partial charge is 0.0587 e. The minimum absolute atomic E-state index is 0.297. The van der Waals surface area contributed by atoms with Crippen molar-refractivity contribution in [1.82, 2.24) is 4.90 Å². The number of nitrogens with zero attached hydrogens (tertiary/aromatic N) is 2. The van der Waals surface area contributed by atoms with Crippen LogP contribution in [0, 0.1) is 0 Å². The number of rotatable bonds is 4. The zero-order valence-corrected chi connectivity index (χ0v) is 12.3.